The van der Waals surface area contributed by atoms with Crippen LogP contribution >= 0.6 is 11.6 Å². The van der Waals surface area contributed by atoms with Crippen LogP contribution in [0.15, 0.2) is 59.6 Å². The van der Waals surface area contributed by atoms with Gasteiger partial charge in [0.2, 0.25) is 0 Å². The van der Waals surface area contributed by atoms with Gasteiger partial charge in [-0.25, -0.2) is 4.99 Å². The molecule has 0 unspecified atom stereocenters. The van der Waals surface area contributed by atoms with Crippen LogP contribution in [0.1, 0.15) is 12.0 Å². The largest absolute Gasteiger partial charge is 0.491 e. The van der Waals surface area contributed by atoms with Gasteiger partial charge in [-0.2, -0.15) is 0 Å². The van der Waals surface area contributed by atoms with Crippen molar-refractivity contribution in [1.29, 1.82) is 0 Å². The number of amidine groups is 1. The van der Waals surface area contributed by atoms with Crippen molar-refractivity contribution in [2.24, 2.45) is 10.7 Å². The van der Waals surface area contributed by atoms with Gasteiger partial charge in [-0.15, -0.1) is 11.6 Å². The molecule has 0 spiro atoms. The Morgan fingerprint density at radius 2 is 1.76 bits per heavy atom. The maximum atomic E-state index is 5.80. The Morgan fingerprint density at radius 1 is 1.05 bits per heavy atom. The molecular formula is C17H19ClN2O. The molecule has 0 bridgehead atoms. The van der Waals surface area contributed by atoms with Crippen molar-refractivity contribution < 1.29 is 4.74 Å². The van der Waals surface area contributed by atoms with Crippen molar-refractivity contribution in [3.8, 4) is 5.75 Å². The molecule has 2 aromatic carbocycles. The van der Waals surface area contributed by atoms with Gasteiger partial charge in [0.15, 0.2) is 0 Å². The van der Waals surface area contributed by atoms with E-state index >= 15 is 0 Å². The van der Waals surface area contributed by atoms with Crippen LogP contribution in [-0.4, -0.2) is 18.3 Å². The summed E-state index contributed by atoms with van der Waals surface area (Å²) in [4.78, 5) is 4.25. The van der Waals surface area contributed by atoms with Gasteiger partial charge in [0, 0.05) is 0 Å². The lowest BCUT2D eigenvalue weighted by atomic mass is 10.1. The number of aryl methyl sites for hydroxylation is 1. The quantitative estimate of drug-likeness (QED) is 0.365. The Labute approximate surface area is 130 Å². The summed E-state index contributed by atoms with van der Waals surface area (Å²) in [6.45, 7) is 0.641. The first kappa shape index (κ1) is 15.4. The van der Waals surface area contributed by atoms with E-state index in [0.717, 1.165) is 24.3 Å². The number of rotatable bonds is 7. The van der Waals surface area contributed by atoms with Gasteiger partial charge >= 0.3 is 0 Å². The Bertz CT molecular complexity index is 584. The van der Waals surface area contributed by atoms with Crippen LogP contribution in [-0.2, 0) is 6.42 Å². The first-order valence-corrected chi connectivity index (χ1v) is 7.48. The highest BCUT2D eigenvalue weighted by Crippen LogP contribution is 2.27. The number of halogens is 1. The Kier molecular flexibility index (Phi) is 6.10. The lowest BCUT2D eigenvalue weighted by molar-refractivity contribution is 0.312. The fraction of sp³-hybridized carbons (Fsp3) is 0.235. The number of alkyl halides is 1. The third-order valence-corrected chi connectivity index (χ3v) is 3.25. The fourth-order valence-corrected chi connectivity index (χ4v) is 2.02. The van der Waals surface area contributed by atoms with Crippen LogP contribution in [0.25, 0.3) is 0 Å². The minimum absolute atomic E-state index is 0.211. The molecule has 2 aromatic rings. The second-order valence-electron chi connectivity index (χ2n) is 4.64. The Balaban J connectivity index is 1.88. The van der Waals surface area contributed by atoms with Gasteiger partial charge in [-0.1, -0.05) is 42.5 Å². The molecule has 0 saturated heterocycles. The summed E-state index contributed by atoms with van der Waals surface area (Å²) in [5, 5.41) is 0. The van der Waals surface area contributed by atoms with Crippen molar-refractivity contribution >= 4 is 23.1 Å². The van der Waals surface area contributed by atoms with Gasteiger partial charge in [0.25, 0.3) is 0 Å². The topological polar surface area (TPSA) is 47.6 Å². The van der Waals surface area contributed by atoms with Crippen molar-refractivity contribution in [2.45, 2.75) is 12.8 Å². The molecule has 4 heteroatoms. The second-order valence-corrected chi connectivity index (χ2v) is 4.91. The molecule has 110 valence electrons. The molecule has 0 aliphatic rings. The van der Waals surface area contributed by atoms with Crippen molar-refractivity contribution in [3.63, 3.8) is 0 Å². The van der Waals surface area contributed by atoms with Gasteiger partial charge in [-0.05, 0) is 30.5 Å². The van der Waals surface area contributed by atoms with Gasteiger partial charge in [-0.3, -0.25) is 0 Å². The molecule has 3 nitrogen and oxygen atoms in total. The minimum Gasteiger partial charge on any atom is -0.491 e. The van der Waals surface area contributed by atoms with E-state index in [1.165, 1.54) is 5.56 Å². The standard InChI is InChI=1S/C17H19ClN2O/c18-13-17(19)20-15-10-4-5-11-16(15)21-12-6-9-14-7-2-1-3-8-14/h1-5,7-8,10-11H,6,9,12-13H2,(H2,19,20). The van der Waals surface area contributed by atoms with Crippen LogP contribution in [0.2, 0.25) is 0 Å². The lowest BCUT2D eigenvalue weighted by Crippen LogP contribution is -2.12. The second kappa shape index (κ2) is 8.32. The van der Waals surface area contributed by atoms with Gasteiger partial charge in [0.1, 0.15) is 17.3 Å². The molecular weight excluding hydrogens is 284 g/mol. The summed E-state index contributed by atoms with van der Waals surface area (Å²) in [5.41, 5.74) is 7.70. The summed E-state index contributed by atoms with van der Waals surface area (Å²) in [6.07, 6.45) is 1.95. The van der Waals surface area contributed by atoms with Crippen LogP contribution < -0.4 is 10.5 Å². The summed E-state index contributed by atoms with van der Waals surface area (Å²) in [7, 11) is 0. The number of hydrogen-bond donors (Lipinski definition) is 1. The van der Waals surface area contributed by atoms with E-state index in [1.54, 1.807) is 0 Å². The average Bonchev–Trinajstić information content (AvgIpc) is 2.54. The van der Waals surface area contributed by atoms with E-state index in [-0.39, 0.29) is 5.88 Å². The minimum atomic E-state index is 0.211. The lowest BCUT2D eigenvalue weighted by Gasteiger charge is -2.09. The van der Waals surface area contributed by atoms with Gasteiger partial charge < -0.3 is 10.5 Å². The first-order valence-electron chi connectivity index (χ1n) is 6.94. The highest BCUT2D eigenvalue weighted by atomic mass is 35.5. The monoisotopic (exact) mass is 302 g/mol. The highest BCUT2D eigenvalue weighted by Gasteiger charge is 2.02. The van der Waals surface area contributed by atoms with Crippen LogP contribution in [0, 0.1) is 0 Å². The number of para-hydroxylation sites is 2. The van der Waals surface area contributed by atoms with Gasteiger partial charge in [0.05, 0.1) is 12.5 Å². The van der Waals surface area contributed by atoms with Crippen molar-refractivity contribution in [3.05, 3.63) is 60.2 Å². The Hall–Kier alpha value is -2.00. The Morgan fingerprint density at radius 3 is 2.52 bits per heavy atom. The number of nitrogens with zero attached hydrogens (tertiary/aromatic N) is 1. The molecule has 0 aromatic heterocycles. The molecule has 2 N–H and O–H groups in total. The van der Waals surface area contributed by atoms with Crippen LogP contribution in [0.4, 0.5) is 5.69 Å². The fourth-order valence-electron chi connectivity index (χ4n) is 1.96. The molecule has 0 radical (unpaired) electrons. The predicted molar refractivity (Wildman–Crippen MR) is 88.7 cm³/mol. The molecule has 0 amide bonds. The molecule has 0 aliphatic heterocycles. The van der Waals surface area contributed by atoms with Crippen LogP contribution in [0.5, 0.6) is 5.75 Å². The number of aliphatic imine (C=N–C) groups is 1. The zero-order valence-corrected chi connectivity index (χ0v) is 12.6. The third-order valence-electron chi connectivity index (χ3n) is 2.98. The molecule has 0 aliphatic carbocycles. The predicted octanol–water partition coefficient (Wildman–Crippen LogP) is 3.93. The zero-order valence-electron chi connectivity index (χ0n) is 11.8. The zero-order chi connectivity index (χ0) is 14.9. The molecule has 2 rings (SSSR count). The van der Waals surface area contributed by atoms with E-state index in [0.29, 0.717) is 12.4 Å². The van der Waals surface area contributed by atoms with Crippen molar-refractivity contribution in [2.75, 3.05) is 12.5 Å². The van der Waals surface area contributed by atoms with Crippen LogP contribution in [0.3, 0.4) is 0 Å². The maximum Gasteiger partial charge on any atom is 0.144 e. The molecule has 0 heterocycles. The normalized spacial score (nSPS) is 11.4. The summed E-state index contributed by atoms with van der Waals surface area (Å²) in [6, 6.07) is 18.0. The number of benzene rings is 2. The number of nitrogens with two attached hydrogens (primary N) is 1. The van der Waals surface area contributed by atoms with E-state index in [9.17, 15) is 0 Å². The maximum absolute atomic E-state index is 5.80. The molecule has 0 fully saturated rings. The first-order chi connectivity index (χ1) is 10.3. The summed E-state index contributed by atoms with van der Waals surface area (Å²) >= 11 is 5.65. The molecule has 0 atom stereocenters. The summed E-state index contributed by atoms with van der Waals surface area (Å²) < 4.78 is 5.80. The summed E-state index contributed by atoms with van der Waals surface area (Å²) in [5.74, 6) is 1.33. The van der Waals surface area contributed by atoms with E-state index in [4.69, 9.17) is 22.1 Å². The van der Waals surface area contributed by atoms with E-state index in [2.05, 4.69) is 29.3 Å². The number of ether oxygens (including phenoxy) is 1. The third kappa shape index (κ3) is 5.12. The van der Waals surface area contributed by atoms with E-state index < -0.39 is 0 Å². The molecule has 0 saturated carbocycles. The highest BCUT2D eigenvalue weighted by molar-refractivity contribution is 6.28. The molecule has 21 heavy (non-hydrogen) atoms. The van der Waals surface area contributed by atoms with E-state index in [1.807, 2.05) is 30.3 Å². The number of hydrogen-bond acceptors (Lipinski definition) is 2. The van der Waals surface area contributed by atoms with Crippen molar-refractivity contribution in [1.82, 2.24) is 0 Å². The SMILES string of the molecule is NC(CCl)=Nc1ccccc1OCCCc1ccccc1. The smallest absolute Gasteiger partial charge is 0.144 e. The average molecular weight is 303 g/mol.